The molecule has 0 unspecified atom stereocenters. The zero-order valence-electron chi connectivity index (χ0n) is 19.9. The van der Waals surface area contributed by atoms with Crippen LogP contribution >= 0.6 is 0 Å². The van der Waals surface area contributed by atoms with Gasteiger partial charge in [-0.05, 0) is 37.6 Å². The number of rotatable bonds is 14. The van der Waals surface area contributed by atoms with Crippen molar-refractivity contribution in [3.63, 3.8) is 0 Å². The maximum atomic E-state index is 12.6. The highest BCUT2D eigenvalue weighted by atomic mass is 16.1. The predicted molar refractivity (Wildman–Crippen MR) is 134 cm³/mol. The Labute approximate surface area is 193 Å². The van der Waals surface area contributed by atoms with E-state index in [1.807, 2.05) is 37.3 Å². The number of benzene rings is 2. The summed E-state index contributed by atoms with van der Waals surface area (Å²) in [5.74, 6) is 0.884. The van der Waals surface area contributed by atoms with E-state index in [4.69, 9.17) is 4.98 Å². The van der Waals surface area contributed by atoms with Gasteiger partial charge in [-0.3, -0.25) is 4.79 Å². The molecule has 1 amide bonds. The number of nitrogens with one attached hydrogen (secondary N) is 1. The van der Waals surface area contributed by atoms with Crippen molar-refractivity contribution in [2.75, 3.05) is 0 Å². The zero-order valence-corrected chi connectivity index (χ0v) is 19.9. The van der Waals surface area contributed by atoms with E-state index in [-0.39, 0.29) is 5.91 Å². The van der Waals surface area contributed by atoms with Crippen molar-refractivity contribution in [2.24, 2.45) is 0 Å². The van der Waals surface area contributed by atoms with Crippen LogP contribution in [-0.4, -0.2) is 15.5 Å². The number of fused-ring (bicyclic) bond motifs is 1. The number of aryl methyl sites for hydroxylation is 2. The van der Waals surface area contributed by atoms with Crippen LogP contribution < -0.4 is 5.32 Å². The van der Waals surface area contributed by atoms with Crippen molar-refractivity contribution >= 4 is 16.9 Å². The van der Waals surface area contributed by atoms with Crippen LogP contribution in [0.3, 0.4) is 0 Å². The first-order valence-electron chi connectivity index (χ1n) is 12.5. The summed E-state index contributed by atoms with van der Waals surface area (Å²) in [6, 6.07) is 16.0. The standard InChI is InChI=1S/C28H39N3O/c1-3-4-5-6-7-8-9-10-11-14-20-31-26-19-13-12-18-25(26)30-27(31)22-29-28(32)24-17-15-16-23(2)21-24/h12-13,15-19,21H,3-11,14,20,22H2,1-2H3,(H,29,32). The van der Waals surface area contributed by atoms with Gasteiger partial charge < -0.3 is 9.88 Å². The van der Waals surface area contributed by atoms with E-state index in [1.165, 1.54) is 57.8 Å². The van der Waals surface area contributed by atoms with Gasteiger partial charge >= 0.3 is 0 Å². The first-order valence-corrected chi connectivity index (χ1v) is 12.5. The van der Waals surface area contributed by atoms with Gasteiger partial charge in [0.1, 0.15) is 5.82 Å². The summed E-state index contributed by atoms with van der Waals surface area (Å²) >= 11 is 0. The molecule has 0 saturated carbocycles. The number of imidazole rings is 1. The molecule has 3 rings (SSSR count). The second kappa shape index (κ2) is 13.0. The molecule has 0 radical (unpaired) electrons. The molecule has 0 fully saturated rings. The van der Waals surface area contributed by atoms with Gasteiger partial charge in [-0.15, -0.1) is 0 Å². The molecule has 0 aliphatic carbocycles. The summed E-state index contributed by atoms with van der Waals surface area (Å²) < 4.78 is 2.29. The van der Waals surface area contributed by atoms with Crippen molar-refractivity contribution in [3.05, 3.63) is 65.5 Å². The SMILES string of the molecule is CCCCCCCCCCCCn1c(CNC(=O)c2cccc(C)c2)nc2ccccc21. The number of unbranched alkanes of at least 4 members (excludes halogenated alkanes) is 9. The second-order valence-corrected chi connectivity index (χ2v) is 8.90. The van der Waals surface area contributed by atoms with Crippen LogP contribution in [0.2, 0.25) is 0 Å². The van der Waals surface area contributed by atoms with Crippen molar-refractivity contribution in [1.82, 2.24) is 14.9 Å². The van der Waals surface area contributed by atoms with Crippen molar-refractivity contribution in [3.8, 4) is 0 Å². The van der Waals surface area contributed by atoms with Gasteiger partial charge in [-0.25, -0.2) is 4.98 Å². The number of hydrogen-bond acceptors (Lipinski definition) is 2. The van der Waals surface area contributed by atoms with Crippen LogP contribution in [0.25, 0.3) is 11.0 Å². The molecule has 0 atom stereocenters. The van der Waals surface area contributed by atoms with Gasteiger partial charge in [0.05, 0.1) is 17.6 Å². The first-order chi connectivity index (χ1) is 15.7. The fourth-order valence-corrected chi connectivity index (χ4v) is 4.31. The first kappa shape index (κ1) is 24.0. The van der Waals surface area contributed by atoms with E-state index in [2.05, 4.69) is 35.0 Å². The molecule has 2 aromatic carbocycles. The lowest BCUT2D eigenvalue weighted by atomic mass is 10.1. The van der Waals surface area contributed by atoms with E-state index < -0.39 is 0 Å². The van der Waals surface area contributed by atoms with E-state index >= 15 is 0 Å². The van der Waals surface area contributed by atoms with E-state index in [9.17, 15) is 4.79 Å². The van der Waals surface area contributed by atoms with Crippen LogP contribution in [0, 0.1) is 6.92 Å². The average Bonchev–Trinajstić information content (AvgIpc) is 3.16. The molecular weight excluding hydrogens is 394 g/mol. The molecule has 4 heteroatoms. The molecule has 1 aromatic heterocycles. The smallest absolute Gasteiger partial charge is 0.251 e. The molecule has 0 aliphatic rings. The van der Waals surface area contributed by atoms with E-state index in [0.717, 1.165) is 35.4 Å². The monoisotopic (exact) mass is 433 g/mol. The minimum absolute atomic E-state index is 0.0498. The topological polar surface area (TPSA) is 46.9 Å². The molecule has 3 aromatic rings. The highest BCUT2D eigenvalue weighted by Crippen LogP contribution is 2.18. The normalized spacial score (nSPS) is 11.2. The summed E-state index contributed by atoms with van der Waals surface area (Å²) in [7, 11) is 0. The predicted octanol–water partition coefficient (Wildman–Crippen LogP) is 7.20. The molecule has 0 aliphatic heterocycles. The van der Waals surface area contributed by atoms with Gasteiger partial charge in [0, 0.05) is 12.1 Å². The average molecular weight is 434 g/mol. The largest absolute Gasteiger partial charge is 0.345 e. The van der Waals surface area contributed by atoms with E-state index in [1.54, 1.807) is 0 Å². The van der Waals surface area contributed by atoms with E-state index in [0.29, 0.717) is 12.1 Å². The Morgan fingerprint density at radius 2 is 1.56 bits per heavy atom. The summed E-state index contributed by atoms with van der Waals surface area (Å²) in [5, 5.41) is 3.06. The van der Waals surface area contributed by atoms with Gasteiger partial charge in [-0.2, -0.15) is 0 Å². The minimum atomic E-state index is -0.0498. The molecular formula is C28H39N3O. The Balaban J connectivity index is 1.50. The number of carbonyl (C=O) groups is 1. The summed E-state index contributed by atoms with van der Waals surface area (Å²) in [4.78, 5) is 17.4. The zero-order chi connectivity index (χ0) is 22.6. The number of aromatic nitrogens is 2. The van der Waals surface area contributed by atoms with Crippen molar-refractivity contribution in [1.29, 1.82) is 0 Å². The lowest BCUT2D eigenvalue weighted by Crippen LogP contribution is -2.24. The number of hydrogen-bond donors (Lipinski definition) is 1. The number of amides is 1. The Kier molecular flexibility index (Phi) is 9.80. The molecule has 0 saturated heterocycles. The van der Waals surface area contributed by atoms with Crippen LogP contribution in [0.4, 0.5) is 0 Å². The third-order valence-electron chi connectivity index (χ3n) is 6.16. The number of carbonyl (C=O) groups excluding carboxylic acids is 1. The van der Waals surface area contributed by atoms with Crippen molar-refractivity contribution in [2.45, 2.75) is 91.1 Å². The Bertz CT molecular complexity index is 976. The van der Waals surface area contributed by atoms with Gasteiger partial charge in [0.15, 0.2) is 0 Å². The van der Waals surface area contributed by atoms with Crippen LogP contribution in [0.1, 0.15) is 92.9 Å². The third kappa shape index (κ3) is 7.22. The van der Waals surface area contributed by atoms with Crippen LogP contribution in [-0.2, 0) is 13.1 Å². The second-order valence-electron chi connectivity index (χ2n) is 8.90. The van der Waals surface area contributed by atoms with Gasteiger partial charge in [0.25, 0.3) is 5.91 Å². The number of nitrogens with zero attached hydrogens (tertiary/aromatic N) is 2. The molecule has 32 heavy (non-hydrogen) atoms. The lowest BCUT2D eigenvalue weighted by Gasteiger charge is -2.11. The molecule has 0 bridgehead atoms. The Morgan fingerprint density at radius 3 is 2.28 bits per heavy atom. The molecule has 4 nitrogen and oxygen atoms in total. The highest BCUT2D eigenvalue weighted by Gasteiger charge is 2.12. The highest BCUT2D eigenvalue weighted by molar-refractivity contribution is 5.94. The van der Waals surface area contributed by atoms with Crippen LogP contribution in [0.15, 0.2) is 48.5 Å². The maximum absolute atomic E-state index is 12.6. The summed E-state index contributed by atoms with van der Waals surface area (Å²) in [6.07, 6.45) is 13.3. The quantitative estimate of drug-likeness (QED) is 0.273. The molecule has 172 valence electrons. The van der Waals surface area contributed by atoms with Gasteiger partial charge in [-0.1, -0.05) is 94.5 Å². The summed E-state index contributed by atoms with van der Waals surface area (Å²) in [6.45, 7) is 5.67. The molecule has 0 spiro atoms. The van der Waals surface area contributed by atoms with Gasteiger partial charge in [0.2, 0.25) is 0 Å². The Hall–Kier alpha value is -2.62. The fourth-order valence-electron chi connectivity index (χ4n) is 4.31. The van der Waals surface area contributed by atoms with Crippen molar-refractivity contribution < 1.29 is 4.79 Å². The lowest BCUT2D eigenvalue weighted by molar-refractivity contribution is 0.0949. The van der Waals surface area contributed by atoms with Crippen LogP contribution in [0.5, 0.6) is 0 Å². The third-order valence-corrected chi connectivity index (χ3v) is 6.16. The fraction of sp³-hybridized carbons (Fsp3) is 0.500. The molecule has 1 N–H and O–H groups in total. The maximum Gasteiger partial charge on any atom is 0.251 e. The molecule has 1 heterocycles. The Morgan fingerprint density at radius 1 is 0.875 bits per heavy atom. The minimum Gasteiger partial charge on any atom is -0.345 e. The number of para-hydroxylation sites is 2. The summed E-state index contributed by atoms with van der Waals surface area (Å²) in [5.41, 5.74) is 3.94.